The lowest BCUT2D eigenvalue weighted by Gasteiger charge is -2.50. The second kappa shape index (κ2) is 7.35. The van der Waals surface area contributed by atoms with Crippen molar-refractivity contribution in [2.45, 2.75) is 95.4 Å². The molecule has 3 aliphatic rings. The van der Waals surface area contributed by atoms with Gasteiger partial charge in [-0.1, -0.05) is 25.2 Å². The molecule has 0 amide bonds. The Morgan fingerprint density at radius 3 is 2.48 bits per heavy atom. The maximum atomic E-state index is 2.62. The van der Waals surface area contributed by atoms with Gasteiger partial charge >= 0.3 is 0 Å². The van der Waals surface area contributed by atoms with Crippen LogP contribution in [0.3, 0.4) is 0 Å². The summed E-state index contributed by atoms with van der Waals surface area (Å²) in [7, 11) is 5.21. The Morgan fingerprint density at radius 1 is 1.00 bits per heavy atom. The van der Waals surface area contributed by atoms with Crippen LogP contribution in [0.25, 0.3) is 0 Å². The fourth-order valence-corrected chi connectivity index (χ4v) is 5.17. The highest BCUT2D eigenvalue weighted by Gasteiger charge is 2.41. The summed E-state index contributed by atoms with van der Waals surface area (Å²) in [4.78, 5) is 0. The molecule has 1 radical (unpaired) electrons. The molecule has 2 atom stereocenters. The van der Waals surface area contributed by atoms with Crippen molar-refractivity contribution in [2.75, 3.05) is 13.6 Å². The van der Waals surface area contributed by atoms with E-state index in [-0.39, 0.29) is 0 Å². The molecular weight excluding hydrogens is 253 g/mol. The molecule has 0 aromatic rings. The average molecular weight is 287 g/mol. The van der Waals surface area contributed by atoms with Gasteiger partial charge in [-0.05, 0) is 69.7 Å². The summed E-state index contributed by atoms with van der Waals surface area (Å²) in [6, 6.07) is 1.85. The molecular formula is C19H34BN+. The molecule has 1 saturated heterocycles. The number of likely N-dealkylation sites (N-methyl/N-ethyl adjacent to an activating group) is 1. The lowest BCUT2D eigenvalue weighted by atomic mass is 9.61. The average Bonchev–Trinajstić information content (AvgIpc) is 2.57. The summed E-state index contributed by atoms with van der Waals surface area (Å²) in [6.45, 7) is 1.36. The molecule has 0 aromatic heterocycles. The van der Waals surface area contributed by atoms with Crippen molar-refractivity contribution in [1.82, 2.24) is 0 Å². The van der Waals surface area contributed by atoms with E-state index in [1.54, 1.807) is 5.57 Å². The summed E-state index contributed by atoms with van der Waals surface area (Å²) in [5, 5.41) is 0. The SMILES string of the molecule is C[N+](CC1=CCCCC1)(C1C[B]CCC1)C1CCCCC1. The first-order valence-corrected chi connectivity index (χ1v) is 9.63. The molecule has 21 heavy (non-hydrogen) atoms. The van der Waals surface area contributed by atoms with E-state index in [4.69, 9.17) is 0 Å². The number of nitrogens with zero attached hydrogens (tertiary/aromatic N) is 1. The zero-order chi connectivity index (χ0) is 14.5. The topological polar surface area (TPSA) is 0 Å². The van der Waals surface area contributed by atoms with Gasteiger partial charge in [-0.3, -0.25) is 0 Å². The number of hydrogen-bond acceptors (Lipinski definition) is 0. The molecule has 0 aromatic carbocycles. The maximum Gasteiger partial charge on any atom is 0.117 e. The van der Waals surface area contributed by atoms with Crippen LogP contribution in [0.2, 0.25) is 12.6 Å². The van der Waals surface area contributed by atoms with Crippen molar-refractivity contribution < 1.29 is 4.48 Å². The fourth-order valence-electron chi connectivity index (χ4n) is 5.17. The second-order valence-corrected chi connectivity index (χ2v) is 8.01. The molecule has 2 fully saturated rings. The van der Waals surface area contributed by atoms with E-state index in [9.17, 15) is 0 Å². The van der Waals surface area contributed by atoms with Crippen LogP contribution in [0.15, 0.2) is 11.6 Å². The number of quaternary nitrogens is 1. The Hall–Kier alpha value is -0.235. The maximum absolute atomic E-state index is 2.62. The Bertz CT molecular complexity index is 333. The third kappa shape index (κ3) is 3.75. The van der Waals surface area contributed by atoms with E-state index in [1.807, 2.05) is 0 Å². The van der Waals surface area contributed by atoms with E-state index in [1.165, 1.54) is 94.3 Å². The summed E-state index contributed by atoms with van der Waals surface area (Å²) in [5.74, 6) is 0. The minimum atomic E-state index is 0.907. The van der Waals surface area contributed by atoms with Crippen molar-refractivity contribution in [1.29, 1.82) is 0 Å². The predicted octanol–water partition coefficient (Wildman–Crippen LogP) is 4.97. The lowest BCUT2D eigenvalue weighted by Crippen LogP contribution is -2.60. The minimum Gasteiger partial charge on any atom is -0.318 e. The molecule has 0 bridgehead atoms. The van der Waals surface area contributed by atoms with Crippen molar-refractivity contribution >= 4 is 7.28 Å². The molecule has 117 valence electrons. The van der Waals surface area contributed by atoms with Gasteiger partial charge in [0.05, 0.1) is 19.1 Å². The van der Waals surface area contributed by atoms with Gasteiger partial charge in [0, 0.05) is 0 Å². The summed E-state index contributed by atoms with van der Waals surface area (Å²) in [6.07, 6.45) is 21.2. The zero-order valence-electron chi connectivity index (χ0n) is 14.2. The quantitative estimate of drug-likeness (QED) is 0.389. The molecule has 0 spiro atoms. The van der Waals surface area contributed by atoms with Crippen LogP contribution in [-0.4, -0.2) is 37.4 Å². The Kier molecular flexibility index (Phi) is 5.48. The molecule has 1 aliphatic heterocycles. The first kappa shape index (κ1) is 15.7. The van der Waals surface area contributed by atoms with Crippen LogP contribution in [0.5, 0.6) is 0 Å². The molecule has 0 N–H and O–H groups in total. The fraction of sp³-hybridized carbons (Fsp3) is 0.895. The van der Waals surface area contributed by atoms with Gasteiger partial charge in [0.2, 0.25) is 0 Å². The molecule has 1 saturated carbocycles. The third-order valence-corrected chi connectivity index (χ3v) is 6.56. The molecule has 1 heterocycles. The smallest absolute Gasteiger partial charge is 0.117 e. The highest BCUT2D eigenvalue weighted by atomic mass is 15.4. The summed E-state index contributed by atoms with van der Waals surface area (Å²) >= 11 is 0. The molecule has 3 rings (SSSR count). The van der Waals surface area contributed by atoms with Crippen molar-refractivity contribution in [2.24, 2.45) is 0 Å². The van der Waals surface area contributed by atoms with E-state index >= 15 is 0 Å². The largest absolute Gasteiger partial charge is 0.318 e. The van der Waals surface area contributed by atoms with Gasteiger partial charge in [-0.15, -0.1) is 0 Å². The number of rotatable bonds is 4. The van der Waals surface area contributed by atoms with Gasteiger partial charge in [0.25, 0.3) is 0 Å². The normalized spacial score (nSPS) is 31.1. The van der Waals surface area contributed by atoms with Gasteiger partial charge in [0.1, 0.15) is 13.8 Å². The van der Waals surface area contributed by atoms with Crippen LogP contribution in [0, 0.1) is 0 Å². The Balaban J connectivity index is 1.76. The Morgan fingerprint density at radius 2 is 1.81 bits per heavy atom. The van der Waals surface area contributed by atoms with Crippen molar-refractivity contribution in [3.8, 4) is 0 Å². The van der Waals surface area contributed by atoms with E-state index in [2.05, 4.69) is 20.4 Å². The highest BCUT2D eigenvalue weighted by Crippen LogP contribution is 2.36. The molecule has 2 aliphatic carbocycles. The molecule has 2 unspecified atom stereocenters. The first-order chi connectivity index (χ1) is 10.3. The van der Waals surface area contributed by atoms with Gasteiger partial charge in [-0.2, -0.15) is 0 Å². The first-order valence-electron chi connectivity index (χ1n) is 9.63. The Labute approximate surface area is 133 Å². The summed E-state index contributed by atoms with van der Waals surface area (Å²) < 4.78 is 1.38. The van der Waals surface area contributed by atoms with Gasteiger partial charge in [0.15, 0.2) is 0 Å². The van der Waals surface area contributed by atoms with E-state index in [0.29, 0.717) is 0 Å². The number of allylic oxidation sites excluding steroid dienone is 1. The van der Waals surface area contributed by atoms with Gasteiger partial charge < -0.3 is 4.48 Å². The second-order valence-electron chi connectivity index (χ2n) is 8.01. The van der Waals surface area contributed by atoms with Gasteiger partial charge in [-0.25, -0.2) is 0 Å². The van der Waals surface area contributed by atoms with Crippen LogP contribution in [-0.2, 0) is 0 Å². The van der Waals surface area contributed by atoms with Crippen LogP contribution < -0.4 is 0 Å². The van der Waals surface area contributed by atoms with Crippen LogP contribution >= 0.6 is 0 Å². The number of hydrogen-bond donors (Lipinski definition) is 0. The lowest BCUT2D eigenvalue weighted by molar-refractivity contribution is -0.952. The third-order valence-electron chi connectivity index (χ3n) is 6.56. The molecule has 2 heteroatoms. The van der Waals surface area contributed by atoms with Crippen molar-refractivity contribution in [3.05, 3.63) is 11.6 Å². The standard InChI is InChI=1S/C19H34BN/c1-21(18-11-6-3-7-12-18,19-13-8-14-20-15-19)16-17-9-4-2-5-10-17/h9,18-19H,2-8,10-16H2,1H3/q+1. The van der Waals surface area contributed by atoms with Crippen LogP contribution in [0.4, 0.5) is 0 Å². The molecule has 1 nitrogen and oxygen atoms in total. The van der Waals surface area contributed by atoms with Crippen LogP contribution in [0.1, 0.15) is 70.6 Å². The van der Waals surface area contributed by atoms with E-state index < -0.39 is 0 Å². The van der Waals surface area contributed by atoms with Crippen molar-refractivity contribution in [3.63, 3.8) is 0 Å². The zero-order valence-corrected chi connectivity index (χ0v) is 14.2. The predicted molar refractivity (Wildman–Crippen MR) is 92.9 cm³/mol. The summed E-state index contributed by atoms with van der Waals surface area (Å²) in [5.41, 5.74) is 1.79. The minimum absolute atomic E-state index is 0.907. The monoisotopic (exact) mass is 287 g/mol. The van der Waals surface area contributed by atoms with E-state index in [0.717, 1.165) is 12.1 Å². The highest BCUT2D eigenvalue weighted by molar-refractivity contribution is 6.35.